The molecule has 2 aliphatic heterocycles. The first kappa shape index (κ1) is 20.8. The Morgan fingerprint density at radius 2 is 1.73 bits per heavy atom. The van der Waals surface area contributed by atoms with Crippen LogP contribution < -0.4 is 4.74 Å². The van der Waals surface area contributed by atoms with Crippen molar-refractivity contribution in [1.82, 2.24) is 9.21 Å². The largest absolute Gasteiger partial charge is 0.497 e. The molecule has 9 heteroatoms. The van der Waals surface area contributed by atoms with E-state index in [9.17, 15) is 17.6 Å². The van der Waals surface area contributed by atoms with Gasteiger partial charge >= 0.3 is 0 Å². The Bertz CT molecular complexity index is 1030. The van der Waals surface area contributed by atoms with Crippen molar-refractivity contribution in [3.63, 3.8) is 0 Å². The van der Waals surface area contributed by atoms with E-state index in [4.69, 9.17) is 9.47 Å². The summed E-state index contributed by atoms with van der Waals surface area (Å²) in [6.07, 6.45) is 0.644. The van der Waals surface area contributed by atoms with Gasteiger partial charge < -0.3 is 14.4 Å². The Kier molecular flexibility index (Phi) is 5.52. The van der Waals surface area contributed by atoms with E-state index in [2.05, 4.69) is 0 Å². The van der Waals surface area contributed by atoms with Crippen molar-refractivity contribution in [1.29, 1.82) is 0 Å². The Morgan fingerprint density at radius 1 is 1.07 bits per heavy atom. The summed E-state index contributed by atoms with van der Waals surface area (Å²) in [6, 6.07) is 12.1. The van der Waals surface area contributed by atoms with Crippen LogP contribution in [0.3, 0.4) is 0 Å². The van der Waals surface area contributed by atoms with Crippen molar-refractivity contribution in [3.05, 3.63) is 59.9 Å². The molecule has 30 heavy (non-hydrogen) atoms. The van der Waals surface area contributed by atoms with Crippen LogP contribution in [0.1, 0.15) is 23.2 Å². The molecule has 0 aromatic heterocycles. The molecule has 1 spiro atoms. The highest BCUT2D eigenvalue weighted by Gasteiger charge is 2.51. The molecule has 0 aliphatic carbocycles. The number of carbonyl (C=O) groups is 1. The van der Waals surface area contributed by atoms with Crippen LogP contribution in [0.25, 0.3) is 0 Å². The number of sulfonamides is 1. The number of halogens is 1. The lowest BCUT2D eigenvalue weighted by Crippen LogP contribution is -2.55. The molecule has 0 bridgehead atoms. The van der Waals surface area contributed by atoms with E-state index in [0.717, 1.165) is 0 Å². The zero-order valence-electron chi connectivity index (χ0n) is 16.6. The molecule has 0 atom stereocenters. The zero-order valence-corrected chi connectivity index (χ0v) is 17.4. The van der Waals surface area contributed by atoms with Gasteiger partial charge in [0.25, 0.3) is 5.91 Å². The quantitative estimate of drug-likeness (QED) is 0.739. The molecule has 0 N–H and O–H groups in total. The molecular weight excluding hydrogens is 411 g/mol. The number of nitrogens with zero attached hydrogens (tertiary/aromatic N) is 2. The van der Waals surface area contributed by atoms with Gasteiger partial charge in [0.2, 0.25) is 10.0 Å². The number of hydrogen-bond donors (Lipinski definition) is 0. The predicted octanol–water partition coefficient (Wildman–Crippen LogP) is 2.49. The van der Waals surface area contributed by atoms with Gasteiger partial charge in [-0.2, -0.15) is 4.31 Å². The van der Waals surface area contributed by atoms with Gasteiger partial charge in [-0.25, -0.2) is 12.8 Å². The van der Waals surface area contributed by atoms with E-state index in [1.807, 2.05) is 0 Å². The molecule has 0 unspecified atom stereocenters. The summed E-state index contributed by atoms with van der Waals surface area (Å²) in [6.45, 7) is 1.09. The Hall–Kier alpha value is -2.49. The summed E-state index contributed by atoms with van der Waals surface area (Å²) in [4.78, 5) is 14.4. The highest BCUT2D eigenvalue weighted by molar-refractivity contribution is 7.89. The monoisotopic (exact) mass is 434 g/mol. The maximum Gasteiger partial charge on any atom is 0.256 e. The standard InChI is InChI=1S/C21H23FN2O5S/c1-28-16-6-8-17(9-7-16)30(26,27)24-14-15-29-21(24)10-12-23(13-11-21)20(25)18-4-2-3-5-19(18)22/h2-9H,10-15H2,1H3. The van der Waals surface area contributed by atoms with Crippen molar-refractivity contribution in [3.8, 4) is 5.75 Å². The number of piperidine rings is 1. The van der Waals surface area contributed by atoms with Crippen molar-refractivity contribution in [2.45, 2.75) is 23.5 Å². The van der Waals surface area contributed by atoms with Gasteiger partial charge in [0, 0.05) is 32.5 Å². The van der Waals surface area contributed by atoms with E-state index in [-0.39, 0.29) is 36.7 Å². The van der Waals surface area contributed by atoms with E-state index < -0.39 is 27.5 Å². The van der Waals surface area contributed by atoms with Gasteiger partial charge in [-0.1, -0.05) is 12.1 Å². The number of benzene rings is 2. The maximum absolute atomic E-state index is 14.0. The summed E-state index contributed by atoms with van der Waals surface area (Å²) in [5.74, 6) is -0.393. The zero-order chi connectivity index (χ0) is 21.4. The third kappa shape index (κ3) is 3.57. The molecule has 2 heterocycles. The van der Waals surface area contributed by atoms with Gasteiger partial charge in [0.1, 0.15) is 17.3 Å². The molecule has 2 fully saturated rings. The third-order valence-electron chi connectivity index (χ3n) is 5.70. The van der Waals surface area contributed by atoms with Gasteiger partial charge in [-0.05, 0) is 36.4 Å². The van der Waals surface area contributed by atoms with Crippen LogP contribution >= 0.6 is 0 Å². The fourth-order valence-electron chi connectivity index (χ4n) is 4.07. The number of hydrogen-bond acceptors (Lipinski definition) is 5. The van der Waals surface area contributed by atoms with Gasteiger partial charge in [-0.3, -0.25) is 4.79 Å². The summed E-state index contributed by atoms with van der Waals surface area (Å²) < 4.78 is 52.9. The SMILES string of the molecule is COc1ccc(S(=O)(=O)N2CCOC23CCN(C(=O)c2ccccc2F)CC3)cc1. The second-order valence-electron chi connectivity index (χ2n) is 7.32. The first-order valence-electron chi connectivity index (χ1n) is 9.72. The number of rotatable bonds is 4. The number of ether oxygens (including phenoxy) is 2. The minimum absolute atomic E-state index is 0.0171. The molecule has 2 aliphatic rings. The molecule has 0 radical (unpaired) electrons. The minimum atomic E-state index is -3.78. The second kappa shape index (κ2) is 7.98. The smallest absolute Gasteiger partial charge is 0.256 e. The van der Waals surface area contributed by atoms with Crippen molar-refractivity contribution < 1.29 is 27.1 Å². The number of methoxy groups -OCH3 is 1. The number of amides is 1. The Morgan fingerprint density at radius 3 is 2.37 bits per heavy atom. The van der Waals surface area contributed by atoms with Crippen molar-refractivity contribution in [2.24, 2.45) is 0 Å². The molecule has 2 saturated heterocycles. The topological polar surface area (TPSA) is 76.2 Å². The molecular formula is C21H23FN2O5S. The number of likely N-dealkylation sites (tertiary alicyclic amines) is 1. The molecule has 160 valence electrons. The van der Waals surface area contributed by atoms with E-state index >= 15 is 0 Å². The summed E-state index contributed by atoms with van der Waals surface area (Å²) in [7, 11) is -2.26. The van der Waals surface area contributed by atoms with Crippen LogP contribution in [0.5, 0.6) is 5.75 Å². The van der Waals surface area contributed by atoms with Crippen LogP contribution in [0.2, 0.25) is 0 Å². The molecule has 0 saturated carbocycles. The van der Waals surface area contributed by atoms with E-state index in [0.29, 0.717) is 18.6 Å². The van der Waals surface area contributed by atoms with E-state index in [1.54, 1.807) is 23.1 Å². The Balaban J connectivity index is 1.52. The lowest BCUT2D eigenvalue weighted by Gasteiger charge is -2.42. The average molecular weight is 434 g/mol. The van der Waals surface area contributed by atoms with Crippen LogP contribution in [0.15, 0.2) is 53.4 Å². The maximum atomic E-state index is 14.0. The van der Waals surface area contributed by atoms with Gasteiger partial charge in [0.05, 0.1) is 24.2 Å². The lowest BCUT2D eigenvalue weighted by atomic mass is 10.00. The van der Waals surface area contributed by atoms with Crippen LogP contribution in [-0.4, -0.2) is 62.6 Å². The second-order valence-corrected chi connectivity index (χ2v) is 9.18. The molecule has 2 aromatic rings. The third-order valence-corrected chi connectivity index (χ3v) is 7.67. The first-order chi connectivity index (χ1) is 14.4. The fourth-order valence-corrected chi connectivity index (χ4v) is 5.79. The lowest BCUT2D eigenvalue weighted by molar-refractivity contribution is -0.0857. The normalized spacial score (nSPS) is 19.2. The summed E-state index contributed by atoms with van der Waals surface area (Å²) >= 11 is 0. The fraction of sp³-hybridized carbons (Fsp3) is 0.381. The first-order valence-corrected chi connectivity index (χ1v) is 11.2. The molecule has 7 nitrogen and oxygen atoms in total. The number of carbonyl (C=O) groups excluding carboxylic acids is 1. The van der Waals surface area contributed by atoms with Crippen LogP contribution in [0.4, 0.5) is 4.39 Å². The van der Waals surface area contributed by atoms with E-state index in [1.165, 1.54) is 41.7 Å². The summed E-state index contributed by atoms with van der Waals surface area (Å²) in [5.41, 5.74) is -0.978. The van der Waals surface area contributed by atoms with Crippen molar-refractivity contribution in [2.75, 3.05) is 33.4 Å². The molecule has 4 rings (SSSR count). The molecule has 1 amide bonds. The predicted molar refractivity (Wildman–Crippen MR) is 107 cm³/mol. The highest BCUT2D eigenvalue weighted by Crippen LogP contribution is 2.38. The highest BCUT2D eigenvalue weighted by atomic mass is 32.2. The van der Waals surface area contributed by atoms with Crippen molar-refractivity contribution >= 4 is 15.9 Å². The van der Waals surface area contributed by atoms with Crippen LogP contribution in [-0.2, 0) is 14.8 Å². The average Bonchev–Trinajstić information content (AvgIpc) is 3.18. The summed E-state index contributed by atoms with van der Waals surface area (Å²) in [5, 5.41) is 0. The van der Waals surface area contributed by atoms with Gasteiger partial charge in [-0.15, -0.1) is 0 Å². The minimum Gasteiger partial charge on any atom is -0.497 e. The Labute approximate surface area is 175 Å². The van der Waals surface area contributed by atoms with Gasteiger partial charge in [0.15, 0.2) is 0 Å². The molecule has 2 aromatic carbocycles. The van der Waals surface area contributed by atoms with Crippen LogP contribution in [0, 0.1) is 5.82 Å².